The number of anilines is 1. The van der Waals surface area contributed by atoms with Gasteiger partial charge in [-0.1, -0.05) is 12.1 Å². The first-order valence-electron chi connectivity index (χ1n) is 6.66. The highest BCUT2D eigenvalue weighted by Gasteiger charge is 2.28. The molecule has 108 valence electrons. The third-order valence-electron chi connectivity index (χ3n) is 3.55. The van der Waals surface area contributed by atoms with Crippen LogP contribution in [0.25, 0.3) is 0 Å². The van der Waals surface area contributed by atoms with Crippen molar-refractivity contribution < 1.29 is 14.7 Å². The molecule has 0 aliphatic carbocycles. The molecule has 0 saturated heterocycles. The van der Waals surface area contributed by atoms with Gasteiger partial charge < -0.3 is 10.0 Å². The molecule has 5 heteroatoms. The summed E-state index contributed by atoms with van der Waals surface area (Å²) >= 11 is 6.02. The van der Waals surface area contributed by atoms with Crippen LogP contribution in [0.2, 0.25) is 0 Å². The van der Waals surface area contributed by atoms with Crippen molar-refractivity contribution >= 4 is 29.2 Å². The van der Waals surface area contributed by atoms with Gasteiger partial charge in [0.05, 0.1) is 6.42 Å². The van der Waals surface area contributed by atoms with Gasteiger partial charge in [0.2, 0.25) is 5.91 Å². The Labute approximate surface area is 123 Å². The number of carbonyl (C=O) groups excluding carboxylic acids is 1. The van der Waals surface area contributed by atoms with Crippen LogP contribution in [-0.4, -0.2) is 28.4 Å². The van der Waals surface area contributed by atoms with Crippen molar-refractivity contribution in [3.05, 3.63) is 29.3 Å². The number of fused-ring (bicyclic) bond motifs is 1. The molecule has 1 aromatic carbocycles. The van der Waals surface area contributed by atoms with E-state index in [2.05, 4.69) is 0 Å². The normalized spacial score (nSPS) is 18.8. The molecule has 1 aromatic rings. The smallest absolute Gasteiger partial charge is 0.304 e. The fourth-order valence-electron chi connectivity index (χ4n) is 2.81. The third-order valence-corrected chi connectivity index (χ3v) is 3.86. The van der Waals surface area contributed by atoms with Crippen LogP contribution in [0, 0.1) is 0 Å². The molecule has 1 N–H and O–H groups in total. The zero-order chi connectivity index (χ0) is 14.9. The lowest BCUT2D eigenvalue weighted by Gasteiger charge is -2.20. The fourth-order valence-corrected chi connectivity index (χ4v) is 3.12. The highest BCUT2D eigenvalue weighted by molar-refractivity contribution is 6.21. The summed E-state index contributed by atoms with van der Waals surface area (Å²) in [5.74, 6) is -0.840. The van der Waals surface area contributed by atoms with E-state index in [4.69, 9.17) is 16.7 Å². The summed E-state index contributed by atoms with van der Waals surface area (Å²) in [5, 5.41) is 8.31. The molecule has 1 aliphatic heterocycles. The van der Waals surface area contributed by atoms with Crippen LogP contribution in [0.15, 0.2) is 18.2 Å². The predicted octanol–water partition coefficient (Wildman–Crippen LogP) is 2.61. The number of aliphatic carboxylic acids is 1. The van der Waals surface area contributed by atoms with E-state index in [0.29, 0.717) is 6.42 Å². The molecule has 2 unspecified atom stereocenters. The summed E-state index contributed by atoms with van der Waals surface area (Å²) in [7, 11) is 0. The van der Waals surface area contributed by atoms with Crippen LogP contribution >= 0.6 is 11.6 Å². The number of benzene rings is 1. The largest absolute Gasteiger partial charge is 0.481 e. The van der Waals surface area contributed by atoms with Gasteiger partial charge in [0.15, 0.2) is 0 Å². The average Bonchev–Trinajstić information content (AvgIpc) is 2.62. The van der Waals surface area contributed by atoms with E-state index < -0.39 is 11.3 Å². The Morgan fingerprint density at radius 3 is 2.80 bits per heavy atom. The van der Waals surface area contributed by atoms with E-state index in [1.807, 2.05) is 25.1 Å². The Bertz CT molecular complexity index is 544. The van der Waals surface area contributed by atoms with Crippen molar-refractivity contribution in [2.75, 3.05) is 4.90 Å². The third kappa shape index (κ3) is 3.12. The first-order chi connectivity index (χ1) is 9.38. The number of alkyl halides is 1. The average molecular weight is 296 g/mol. The van der Waals surface area contributed by atoms with Gasteiger partial charge in [0.25, 0.3) is 0 Å². The lowest BCUT2D eigenvalue weighted by atomic mass is 10.0. The number of carbonyl (C=O) groups is 2. The summed E-state index contributed by atoms with van der Waals surface area (Å²) < 4.78 is 0. The van der Waals surface area contributed by atoms with Crippen molar-refractivity contribution in [2.45, 2.75) is 44.5 Å². The topological polar surface area (TPSA) is 57.6 Å². The van der Waals surface area contributed by atoms with Gasteiger partial charge in [-0.3, -0.25) is 9.59 Å². The second-order valence-corrected chi connectivity index (χ2v) is 5.92. The molecule has 0 aromatic heterocycles. The molecule has 20 heavy (non-hydrogen) atoms. The van der Waals surface area contributed by atoms with Crippen molar-refractivity contribution in [1.29, 1.82) is 0 Å². The maximum atomic E-state index is 11.6. The van der Waals surface area contributed by atoms with Gasteiger partial charge in [-0.05, 0) is 37.0 Å². The minimum absolute atomic E-state index is 0.0464. The molecule has 1 aliphatic rings. The maximum Gasteiger partial charge on any atom is 0.304 e. The number of nitrogens with zero attached hydrogens (tertiary/aromatic N) is 1. The maximum absolute atomic E-state index is 11.6. The molecule has 2 rings (SSSR count). The summed E-state index contributed by atoms with van der Waals surface area (Å²) in [4.78, 5) is 24.1. The number of carboxylic acid groups (broad SMARTS) is 1. The van der Waals surface area contributed by atoms with Crippen LogP contribution in [-0.2, 0) is 22.4 Å². The molecule has 0 spiro atoms. The molecular weight excluding hydrogens is 278 g/mol. The predicted molar refractivity (Wildman–Crippen MR) is 78.4 cm³/mol. The number of hydrogen-bond donors (Lipinski definition) is 1. The van der Waals surface area contributed by atoms with E-state index >= 15 is 0 Å². The molecule has 4 nitrogen and oxygen atoms in total. The van der Waals surface area contributed by atoms with Crippen LogP contribution in [0.5, 0.6) is 0 Å². The number of rotatable bonds is 4. The van der Waals surface area contributed by atoms with Crippen molar-refractivity contribution in [1.82, 2.24) is 0 Å². The summed E-state index contributed by atoms with van der Waals surface area (Å²) in [6, 6.07) is 6.05. The molecule has 0 bridgehead atoms. The molecule has 2 atom stereocenters. The van der Waals surface area contributed by atoms with E-state index in [-0.39, 0.29) is 18.4 Å². The Kier molecular flexibility index (Phi) is 4.33. The van der Waals surface area contributed by atoms with Crippen LogP contribution < -0.4 is 4.90 Å². The SMILES string of the molecule is CC(=O)N1c2ccc(CC(Cl)CC(=O)O)cc2CC1C. The quantitative estimate of drug-likeness (QED) is 0.869. The Balaban J connectivity index is 2.16. The lowest BCUT2D eigenvalue weighted by molar-refractivity contribution is -0.137. The number of halogens is 1. The minimum Gasteiger partial charge on any atom is -0.481 e. The van der Waals surface area contributed by atoms with Crippen LogP contribution in [0.4, 0.5) is 5.69 Å². The molecule has 0 saturated carbocycles. The lowest BCUT2D eigenvalue weighted by Crippen LogP contribution is -2.33. The Morgan fingerprint density at radius 2 is 2.20 bits per heavy atom. The fraction of sp³-hybridized carbons (Fsp3) is 0.467. The monoisotopic (exact) mass is 295 g/mol. The Morgan fingerprint density at radius 1 is 1.50 bits per heavy atom. The first-order valence-corrected chi connectivity index (χ1v) is 7.09. The summed E-state index contributed by atoms with van der Waals surface area (Å²) in [6.07, 6.45) is 1.30. The number of amides is 1. The standard InChI is InChI=1S/C15H18ClNO3/c1-9-5-12-6-11(7-13(16)8-15(19)20)3-4-14(12)17(9)10(2)18/h3-4,6,9,13H,5,7-8H2,1-2H3,(H,19,20). The second kappa shape index (κ2) is 5.83. The van der Waals surface area contributed by atoms with E-state index in [1.54, 1.807) is 11.8 Å². The van der Waals surface area contributed by atoms with Gasteiger partial charge >= 0.3 is 5.97 Å². The van der Waals surface area contributed by atoms with Crippen LogP contribution in [0.1, 0.15) is 31.4 Å². The van der Waals surface area contributed by atoms with Crippen molar-refractivity contribution in [2.24, 2.45) is 0 Å². The molecule has 1 amide bonds. The molecule has 0 fully saturated rings. The van der Waals surface area contributed by atoms with Crippen molar-refractivity contribution in [3.8, 4) is 0 Å². The second-order valence-electron chi connectivity index (χ2n) is 5.30. The van der Waals surface area contributed by atoms with Gasteiger partial charge in [0.1, 0.15) is 0 Å². The van der Waals surface area contributed by atoms with Gasteiger partial charge in [0, 0.05) is 24.0 Å². The van der Waals surface area contributed by atoms with E-state index in [9.17, 15) is 9.59 Å². The first kappa shape index (κ1) is 14.9. The highest BCUT2D eigenvalue weighted by Crippen LogP contribution is 2.33. The van der Waals surface area contributed by atoms with E-state index in [1.165, 1.54) is 0 Å². The van der Waals surface area contributed by atoms with E-state index in [0.717, 1.165) is 23.2 Å². The summed E-state index contributed by atoms with van der Waals surface area (Å²) in [5.41, 5.74) is 3.10. The van der Waals surface area contributed by atoms with Crippen molar-refractivity contribution in [3.63, 3.8) is 0 Å². The van der Waals surface area contributed by atoms with Gasteiger partial charge in [-0.25, -0.2) is 0 Å². The zero-order valence-corrected chi connectivity index (χ0v) is 12.4. The van der Waals surface area contributed by atoms with Crippen LogP contribution in [0.3, 0.4) is 0 Å². The molecule has 0 radical (unpaired) electrons. The van der Waals surface area contributed by atoms with Gasteiger partial charge in [-0.2, -0.15) is 0 Å². The van der Waals surface area contributed by atoms with Gasteiger partial charge in [-0.15, -0.1) is 11.6 Å². The molecular formula is C15H18ClNO3. The molecule has 1 heterocycles. The number of hydrogen-bond acceptors (Lipinski definition) is 2. The summed E-state index contributed by atoms with van der Waals surface area (Å²) in [6.45, 7) is 3.59. The number of carboxylic acids is 1. The zero-order valence-electron chi connectivity index (χ0n) is 11.6. The minimum atomic E-state index is -0.887. The highest BCUT2D eigenvalue weighted by atomic mass is 35.5. The Hall–Kier alpha value is -1.55.